The van der Waals surface area contributed by atoms with Crippen LogP contribution in [0.1, 0.15) is 35.2 Å². The number of carbonyl (C=O) groups is 1. The van der Waals surface area contributed by atoms with E-state index in [0.717, 1.165) is 22.3 Å². The first-order valence-corrected chi connectivity index (χ1v) is 9.51. The molecule has 0 aliphatic carbocycles. The molecule has 2 aromatic carbocycles. The van der Waals surface area contributed by atoms with Gasteiger partial charge < -0.3 is 10.1 Å². The summed E-state index contributed by atoms with van der Waals surface area (Å²) in [6.07, 6.45) is 3.42. The molecule has 8 nitrogen and oxygen atoms in total. The van der Waals surface area contributed by atoms with Crippen LogP contribution in [-0.2, 0) is 4.79 Å². The number of nitro groups is 1. The molecular weight excluding hydrogens is 384 g/mol. The quantitative estimate of drug-likeness (QED) is 0.456. The maximum Gasteiger partial charge on any atom is 0.275 e. The Bertz CT molecular complexity index is 1120. The Labute approximate surface area is 174 Å². The van der Waals surface area contributed by atoms with E-state index in [1.807, 2.05) is 39.8 Å². The van der Waals surface area contributed by atoms with Crippen LogP contribution >= 0.6 is 0 Å². The van der Waals surface area contributed by atoms with Gasteiger partial charge in [0.1, 0.15) is 17.5 Å². The molecular formula is C22H24N4O4. The van der Waals surface area contributed by atoms with Crippen LogP contribution in [0.15, 0.2) is 42.7 Å². The predicted molar refractivity (Wildman–Crippen MR) is 114 cm³/mol. The van der Waals surface area contributed by atoms with Gasteiger partial charge in [-0.1, -0.05) is 6.07 Å². The van der Waals surface area contributed by atoms with Crippen molar-refractivity contribution >= 4 is 17.3 Å². The highest BCUT2D eigenvalue weighted by Crippen LogP contribution is 2.33. The van der Waals surface area contributed by atoms with Gasteiger partial charge in [-0.3, -0.25) is 19.6 Å². The standard InChI is InChI=1S/C22H24N4O4/c1-13-6-15(3)16(4)21(7-13)30-20-9-18(8-19(10-20)26(28)29)24-22(27)17(5)25-12-14(2)11-23-25/h6-12,17H,1-5H3,(H,24,27). The van der Waals surface area contributed by atoms with Crippen LogP contribution in [0.2, 0.25) is 0 Å². The number of non-ortho nitro benzene ring substituents is 1. The van der Waals surface area contributed by atoms with E-state index < -0.39 is 11.0 Å². The number of nitro benzene ring substituents is 1. The first-order valence-electron chi connectivity index (χ1n) is 9.51. The highest BCUT2D eigenvalue weighted by molar-refractivity contribution is 5.94. The van der Waals surface area contributed by atoms with Crippen molar-refractivity contribution in [2.45, 2.75) is 40.7 Å². The fourth-order valence-corrected chi connectivity index (χ4v) is 3.07. The highest BCUT2D eigenvalue weighted by Gasteiger charge is 2.19. The predicted octanol–water partition coefficient (Wildman–Crippen LogP) is 5.02. The summed E-state index contributed by atoms with van der Waals surface area (Å²) < 4.78 is 7.50. The van der Waals surface area contributed by atoms with E-state index in [1.165, 1.54) is 16.8 Å². The van der Waals surface area contributed by atoms with Crippen molar-refractivity contribution in [3.8, 4) is 11.5 Å². The van der Waals surface area contributed by atoms with Gasteiger partial charge in [0, 0.05) is 18.3 Å². The van der Waals surface area contributed by atoms with Gasteiger partial charge in [0.25, 0.3) is 5.69 Å². The van der Waals surface area contributed by atoms with Crippen molar-refractivity contribution in [3.63, 3.8) is 0 Å². The van der Waals surface area contributed by atoms with Crippen LogP contribution in [0.4, 0.5) is 11.4 Å². The number of aromatic nitrogens is 2. The number of ether oxygens (including phenoxy) is 1. The van der Waals surface area contributed by atoms with Crippen LogP contribution in [0.3, 0.4) is 0 Å². The monoisotopic (exact) mass is 408 g/mol. The fraction of sp³-hybridized carbons (Fsp3) is 0.273. The molecule has 30 heavy (non-hydrogen) atoms. The summed E-state index contributed by atoms with van der Waals surface area (Å²) in [5.41, 5.74) is 4.07. The van der Waals surface area contributed by atoms with E-state index in [-0.39, 0.29) is 23.0 Å². The van der Waals surface area contributed by atoms with Crippen molar-refractivity contribution < 1.29 is 14.5 Å². The highest BCUT2D eigenvalue weighted by atomic mass is 16.6. The first-order chi connectivity index (χ1) is 14.1. The first kappa shape index (κ1) is 21.0. The lowest BCUT2D eigenvalue weighted by Crippen LogP contribution is -2.24. The minimum absolute atomic E-state index is 0.174. The number of rotatable bonds is 6. The van der Waals surface area contributed by atoms with E-state index >= 15 is 0 Å². The molecule has 0 fully saturated rings. The molecule has 0 spiro atoms. The van der Waals surface area contributed by atoms with E-state index in [9.17, 15) is 14.9 Å². The second kappa shape index (κ2) is 8.36. The number of nitrogens with one attached hydrogen (secondary N) is 1. The minimum Gasteiger partial charge on any atom is -0.457 e. The topological polar surface area (TPSA) is 99.3 Å². The molecule has 0 aliphatic rings. The zero-order valence-corrected chi connectivity index (χ0v) is 17.6. The summed E-state index contributed by atoms with van der Waals surface area (Å²) in [7, 11) is 0. The number of carbonyl (C=O) groups excluding carboxylic acids is 1. The van der Waals surface area contributed by atoms with Crippen molar-refractivity contribution in [2.75, 3.05) is 5.32 Å². The van der Waals surface area contributed by atoms with E-state index in [4.69, 9.17) is 4.74 Å². The normalized spacial score (nSPS) is 11.8. The van der Waals surface area contributed by atoms with Crippen LogP contribution in [0, 0.1) is 37.8 Å². The lowest BCUT2D eigenvalue weighted by atomic mass is 10.1. The number of hydrogen-bond donors (Lipinski definition) is 1. The average molecular weight is 408 g/mol. The molecule has 3 rings (SSSR count). The number of aryl methyl sites for hydroxylation is 3. The van der Waals surface area contributed by atoms with E-state index in [1.54, 1.807) is 25.4 Å². The summed E-state index contributed by atoms with van der Waals surface area (Å²) in [5, 5.41) is 18.3. The summed E-state index contributed by atoms with van der Waals surface area (Å²) in [6.45, 7) is 9.45. The molecule has 1 heterocycles. The summed E-state index contributed by atoms with van der Waals surface area (Å²) >= 11 is 0. The second-order valence-electron chi connectivity index (χ2n) is 7.44. The summed E-state index contributed by atoms with van der Waals surface area (Å²) in [4.78, 5) is 23.5. The van der Waals surface area contributed by atoms with Gasteiger partial charge in [0.05, 0.1) is 22.9 Å². The van der Waals surface area contributed by atoms with Crippen LogP contribution < -0.4 is 10.1 Å². The number of benzene rings is 2. The number of anilines is 1. The third-order valence-corrected chi connectivity index (χ3v) is 4.87. The zero-order valence-electron chi connectivity index (χ0n) is 17.6. The Morgan fingerprint density at radius 1 is 1.13 bits per heavy atom. The van der Waals surface area contributed by atoms with Crippen LogP contribution in [0.25, 0.3) is 0 Å². The largest absolute Gasteiger partial charge is 0.457 e. The average Bonchev–Trinajstić information content (AvgIpc) is 3.11. The summed E-state index contributed by atoms with van der Waals surface area (Å²) in [6, 6.07) is 7.56. The molecule has 0 radical (unpaired) electrons. The molecule has 0 saturated heterocycles. The molecule has 8 heteroatoms. The molecule has 1 atom stereocenters. The van der Waals surface area contributed by atoms with Gasteiger partial charge in [-0.2, -0.15) is 5.10 Å². The second-order valence-corrected chi connectivity index (χ2v) is 7.44. The van der Waals surface area contributed by atoms with Gasteiger partial charge in [-0.15, -0.1) is 0 Å². The molecule has 0 bridgehead atoms. The minimum atomic E-state index is -0.580. The fourth-order valence-electron chi connectivity index (χ4n) is 3.07. The molecule has 156 valence electrons. The Morgan fingerprint density at radius 3 is 2.50 bits per heavy atom. The molecule has 0 aliphatic heterocycles. The van der Waals surface area contributed by atoms with Crippen LogP contribution in [0.5, 0.6) is 11.5 Å². The molecule has 1 aromatic heterocycles. The third-order valence-electron chi connectivity index (χ3n) is 4.87. The van der Waals surface area contributed by atoms with Crippen molar-refractivity contribution in [1.29, 1.82) is 0 Å². The number of nitrogens with zero attached hydrogens (tertiary/aromatic N) is 3. The van der Waals surface area contributed by atoms with Gasteiger partial charge in [0.15, 0.2) is 0 Å². The Hall–Kier alpha value is -3.68. The molecule has 1 N–H and O–H groups in total. The number of amides is 1. The van der Waals surface area contributed by atoms with Crippen molar-refractivity contribution in [2.24, 2.45) is 0 Å². The summed E-state index contributed by atoms with van der Waals surface area (Å²) in [5.74, 6) is 0.549. The maximum atomic E-state index is 12.6. The molecule has 3 aromatic rings. The molecule has 1 amide bonds. The smallest absolute Gasteiger partial charge is 0.275 e. The lowest BCUT2D eigenvalue weighted by Gasteiger charge is -2.15. The van der Waals surface area contributed by atoms with E-state index in [0.29, 0.717) is 5.75 Å². The molecule has 1 unspecified atom stereocenters. The Morgan fingerprint density at radius 2 is 1.87 bits per heavy atom. The maximum absolute atomic E-state index is 12.6. The van der Waals surface area contributed by atoms with Crippen molar-refractivity contribution in [1.82, 2.24) is 9.78 Å². The van der Waals surface area contributed by atoms with Crippen LogP contribution in [-0.4, -0.2) is 20.6 Å². The Balaban J connectivity index is 1.89. The van der Waals surface area contributed by atoms with Gasteiger partial charge >= 0.3 is 0 Å². The van der Waals surface area contributed by atoms with Gasteiger partial charge in [-0.25, -0.2) is 0 Å². The SMILES string of the molecule is Cc1cc(C)c(C)c(Oc2cc(NC(=O)C(C)n3cc(C)cn3)cc([N+](=O)[O-])c2)c1. The van der Waals surface area contributed by atoms with Gasteiger partial charge in [-0.05, 0) is 62.9 Å². The van der Waals surface area contributed by atoms with Crippen molar-refractivity contribution in [3.05, 3.63) is 75.1 Å². The van der Waals surface area contributed by atoms with Gasteiger partial charge in [0.2, 0.25) is 5.91 Å². The van der Waals surface area contributed by atoms with E-state index in [2.05, 4.69) is 10.4 Å². The third kappa shape index (κ3) is 4.65. The zero-order chi connectivity index (χ0) is 22.0. The number of hydrogen-bond acceptors (Lipinski definition) is 5. The molecule has 0 saturated carbocycles. The lowest BCUT2D eigenvalue weighted by molar-refractivity contribution is -0.384. The Kier molecular flexibility index (Phi) is 5.86.